The van der Waals surface area contributed by atoms with E-state index in [-0.39, 0.29) is 45.9 Å². The second-order valence-electron chi connectivity index (χ2n) is 14.8. The molecule has 0 amide bonds. The lowest BCUT2D eigenvalue weighted by atomic mass is 9.30. The lowest BCUT2D eigenvalue weighted by Crippen LogP contribution is -2.75. The molecule has 6 rings (SSSR count). The Bertz CT molecular complexity index is 944. The summed E-state index contributed by atoms with van der Waals surface area (Å²) in [5.41, 5.74) is -1.40. The van der Waals surface area contributed by atoms with Gasteiger partial charge in [-0.05, 0) is 79.4 Å². The van der Waals surface area contributed by atoms with Crippen molar-refractivity contribution in [2.24, 2.45) is 56.7 Å². The first-order valence-corrected chi connectivity index (χ1v) is 14.2. The molecule has 1 heterocycles. The molecule has 6 aliphatic rings. The van der Waals surface area contributed by atoms with Gasteiger partial charge in [-0.25, -0.2) is 0 Å². The Morgan fingerprint density at radius 3 is 2.35 bits per heavy atom. The highest BCUT2D eigenvalue weighted by atomic mass is 16.5. The summed E-state index contributed by atoms with van der Waals surface area (Å²) in [6.45, 7) is 14.8. The summed E-state index contributed by atoms with van der Waals surface area (Å²) < 4.78 is 6.96. The molecule has 2 bridgehead atoms. The minimum Gasteiger partial charge on any atom is -0.395 e. The summed E-state index contributed by atoms with van der Waals surface area (Å²) in [4.78, 5) is 27.6. The summed E-state index contributed by atoms with van der Waals surface area (Å²) >= 11 is 0. The van der Waals surface area contributed by atoms with E-state index < -0.39 is 11.0 Å². The fourth-order valence-electron chi connectivity index (χ4n) is 11.8. The molecular weight excluding hydrogens is 424 g/mol. The fraction of sp³-hybridized carbons (Fsp3) is 0.933. The molecule has 5 saturated carbocycles. The molecule has 4 heteroatoms. The molecule has 0 aromatic carbocycles. The van der Waals surface area contributed by atoms with E-state index >= 15 is 0 Å². The second kappa shape index (κ2) is 6.77. The van der Waals surface area contributed by atoms with Crippen molar-refractivity contribution in [3.63, 3.8) is 0 Å². The molecule has 6 fully saturated rings. The van der Waals surface area contributed by atoms with Gasteiger partial charge in [-0.15, -0.1) is 0 Å². The third kappa shape index (κ3) is 2.27. The van der Waals surface area contributed by atoms with Crippen LogP contribution < -0.4 is 0 Å². The summed E-state index contributed by atoms with van der Waals surface area (Å²) in [6, 6.07) is 0. The topological polar surface area (TPSA) is 63.6 Å². The molecule has 0 radical (unpaired) electrons. The number of carbonyl (C=O) groups excluding carboxylic acids is 2. The fourth-order valence-corrected chi connectivity index (χ4v) is 11.8. The standard InChI is InChI=1S/C30H46O4/c1-18-7-12-29-14-13-28(6)27(5)11-8-20-25(3,10-9-22(32)26(20,4)16-31)21(27)15-23(33)30(28,34-17-29)24(29)19(18)2/h18-21,24,31H,7-17H2,1-6H3/t18-,19+,20-,21-,24-,25+,26+,27-,28+,29-,30+/m1/s1. The van der Waals surface area contributed by atoms with Crippen LogP contribution >= 0.6 is 0 Å². The summed E-state index contributed by atoms with van der Waals surface area (Å²) in [5.74, 6) is 2.47. The zero-order valence-corrected chi connectivity index (χ0v) is 22.3. The minimum atomic E-state index is -0.674. The first kappa shape index (κ1) is 23.6. The van der Waals surface area contributed by atoms with Crippen LogP contribution in [0.15, 0.2) is 0 Å². The quantitative estimate of drug-likeness (QED) is 0.542. The lowest BCUT2D eigenvalue weighted by molar-refractivity contribution is -0.267. The number of carbonyl (C=O) groups is 2. The van der Waals surface area contributed by atoms with Gasteiger partial charge < -0.3 is 9.84 Å². The molecule has 1 N–H and O–H groups in total. The molecule has 0 aromatic rings. The average Bonchev–Trinajstić information content (AvgIpc) is 3.09. The monoisotopic (exact) mass is 470 g/mol. The highest BCUT2D eigenvalue weighted by molar-refractivity contribution is 5.92. The van der Waals surface area contributed by atoms with Gasteiger partial charge in [-0.1, -0.05) is 41.5 Å². The third-order valence-electron chi connectivity index (χ3n) is 14.2. The maximum absolute atomic E-state index is 14.6. The van der Waals surface area contributed by atoms with E-state index in [9.17, 15) is 14.7 Å². The highest BCUT2D eigenvalue weighted by Gasteiger charge is 2.81. The first-order valence-electron chi connectivity index (χ1n) is 14.2. The number of rotatable bonds is 1. The van der Waals surface area contributed by atoms with E-state index in [1.807, 2.05) is 6.92 Å². The number of hydrogen-bond acceptors (Lipinski definition) is 4. The van der Waals surface area contributed by atoms with Crippen molar-refractivity contribution in [3.8, 4) is 0 Å². The normalized spacial score (nSPS) is 60.7. The molecule has 0 unspecified atom stereocenters. The number of fused-ring (bicyclic) bond motifs is 4. The maximum atomic E-state index is 14.6. The lowest BCUT2D eigenvalue weighted by Gasteiger charge is -2.73. The van der Waals surface area contributed by atoms with Gasteiger partial charge in [0.2, 0.25) is 0 Å². The van der Waals surface area contributed by atoms with E-state index in [0.29, 0.717) is 36.4 Å². The smallest absolute Gasteiger partial charge is 0.165 e. The van der Waals surface area contributed by atoms with Crippen LogP contribution in [-0.4, -0.2) is 35.5 Å². The van der Waals surface area contributed by atoms with Crippen molar-refractivity contribution in [2.45, 2.75) is 105 Å². The van der Waals surface area contributed by atoms with Crippen molar-refractivity contribution < 1.29 is 19.4 Å². The predicted molar refractivity (Wildman–Crippen MR) is 131 cm³/mol. The molecule has 1 spiro atoms. The van der Waals surface area contributed by atoms with Gasteiger partial charge in [0.15, 0.2) is 5.78 Å². The number of ether oxygens (including phenoxy) is 1. The Hall–Kier alpha value is -0.740. The molecule has 190 valence electrons. The first-order chi connectivity index (χ1) is 15.9. The van der Waals surface area contributed by atoms with Gasteiger partial charge in [-0.3, -0.25) is 9.59 Å². The van der Waals surface area contributed by atoms with Gasteiger partial charge in [0.1, 0.15) is 11.4 Å². The van der Waals surface area contributed by atoms with Crippen LogP contribution in [0.25, 0.3) is 0 Å². The van der Waals surface area contributed by atoms with Gasteiger partial charge in [0.25, 0.3) is 0 Å². The Morgan fingerprint density at radius 1 is 0.912 bits per heavy atom. The SMILES string of the molecule is C[C@H]1[C@H](C)CC[C@@]23CC[C@@]4(C)[C@]5(C)CC[C@@H]6[C@](C)(CCC(=O)[C@@]6(C)CO)[C@H]5CC(=O)[C@]4(OC2)[C@H]13. The van der Waals surface area contributed by atoms with Crippen molar-refractivity contribution >= 4 is 11.6 Å². The average molecular weight is 471 g/mol. The van der Waals surface area contributed by atoms with Crippen molar-refractivity contribution in [1.82, 2.24) is 0 Å². The second-order valence-corrected chi connectivity index (χ2v) is 14.8. The number of hydrogen-bond donors (Lipinski definition) is 1. The molecule has 5 aliphatic carbocycles. The number of aliphatic hydroxyl groups is 1. The van der Waals surface area contributed by atoms with Crippen molar-refractivity contribution in [3.05, 3.63) is 0 Å². The van der Waals surface area contributed by atoms with Gasteiger partial charge >= 0.3 is 0 Å². The third-order valence-corrected chi connectivity index (χ3v) is 14.2. The van der Waals surface area contributed by atoms with Crippen LogP contribution in [0.5, 0.6) is 0 Å². The Kier molecular flexibility index (Phi) is 4.71. The van der Waals surface area contributed by atoms with E-state index in [0.717, 1.165) is 32.3 Å². The van der Waals surface area contributed by atoms with E-state index in [1.54, 1.807) is 0 Å². The van der Waals surface area contributed by atoms with Crippen LogP contribution in [0.2, 0.25) is 0 Å². The van der Waals surface area contributed by atoms with E-state index in [1.165, 1.54) is 19.3 Å². The van der Waals surface area contributed by atoms with E-state index in [2.05, 4.69) is 34.6 Å². The van der Waals surface area contributed by atoms with Crippen LogP contribution in [-0.2, 0) is 14.3 Å². The number of aliphatic hydroxyl groups excluding tert-OH is 1. The summed E-state index contributed by atoms with van der Waals surface area (Å²) in [6.07, 6.45) is 8.71. The Labute approximate surface area is 206 Å². The zero-order chi connectivity index (χ0) is 24.5. The molecule has 1 aliphatic heterocycles. The Balaban J connectivity index is 1.49. The molecule has 0 aromatic heterocycles. The molecular formula is C30H46O4. The van der Waals surface area contributed by atoms with Gasteiger partial charge in [-0.2, -0.15) is 0 Å². The number of Topliss-reactive ketones (excluding diaryl/α,β-unsaturated/α-hetero) is 2. The van der Waals surface area contributed by atoms with Gasteiger partial charge in [0, 0.05) is 29.6 Å². The summed E-state index contributed by atoms with van der Waals surface area (Å²) in [5, 5.41) is 10.4. The van der Waals surface area contributed by atoms with Crippen LogP contribution in [0.1, 0.15) is 99.3 Å². The van der Waals surface area contributed by atoms with Crippen molar-refractivity contribution in [2.75, 3.05) is 13.2 Å². The predicted octanol–water partition coefficient (Wildman–Crippen LogP) is 5.60. The van der Waals surface area contributed by atoms with Crippen LogP contribution in [0.3, 0.4) is 0 Å². The Morgan fingerprint density at radius 2 is 1.65 bits per heavy atom. The maximum Gasteiger partial charge on any atom is 0.165 e. The molecule has 11 atom stereocenters. The zero-order valence-electron chi connectivity index (χ0n) is 22.3. The molecule has 1 saturated heterocycles. The summed E-state index contributed by atoms with van der Waals surface area (Å²) in [7, 11) is 0. The minimum absolute atomic E-state index is 0.000180. The number of ketones is 2. The van der Waals surface area contributed by atoms with Crippen LogP contribution in [0.4, 0.5) is 0 Å². The molecule has 4 nitrogen and oxygen atoms in total. The highest BCUT2D eigenvalue weighted by Crippen LogP contribution is 2.79. The van der Waals surface area contributed by atoms with Gasteiger partial charge in [0.05, 0.1) is 18.6 Å². The van der Waals surface area contributed by atoms with Crippen LogP contribution in [0, 0.1) is 56.7 Å². The van der Waals surface area contributed by atoms with E-state index in [4.69, 9.17) is 4.74 Å². The largest absolute Gasteiger partial charge is 0.395 e. The molecule has 34 heavy (non-hydrogen) atoms. The van der Waals surface area contributed by atoms with Crippen molar-refractivity contribution in [1.29, 1.82) is 0 Å².